The lowest BCUT2D eigenvalue weighted by atomic mass is 10.0. The third-order valence-corrected chi connectivity index (χ3v) is 4.45. The van der Waals surface area contributed by atoms with Crippen molar-refractivity contribution >= 4 is 6.03 Å². The van der Waals surface area contributed by atoms with Gasteiger partial charge in [0.25, 0.3) is 0 Å². The first-order valence-corrected chi connectivity index (χ1v) is 9.30. The van der Waals surface area contributed by atoms with Crippen LogP contribution in [-0.2, 0) is 13.1 Å². The van der Waals surface area contributed by atoms with E-state index in [9.17, 15) is 4.79 Å². The van der Waals surface area contributed by atoms with Gasteiger partial charge in [-0.3, -0.25) is 5.10 Å². The van der Waals surface area contributed by atoms with Crippen molar-refractivity contribution in [2.75, 3.05) is 0 Å². The van der Waals surface area contributed by atoms with E-state index < -0.39 is 0 Å². The van der Waals surface area contributed by atoms with Crippen molar-refractivity contribution in [1.29, 1.82) is 0 Å². The van der Waals surface area contributed by atoms with Gasteiger partial charge in [-0.1, -0.05) is 54.1 Å². The van der Waals surface area contributed by atoms with Crippen molar-refractivity contribution in [3.8, 4) is 22.7 Å². The Kier molecular flexibility index (Phi) is 5.38. The summed E-state index contributed by atoms with van der Waals surface area (Å²) in [7, 11) is 0. The van der Waals surface area contributed by atoms with Gasteiger partial charge in [-0.05, 0) is 35.7 Å². The molecule has 0 aliphatic rings. The highest BCUT2D eigenvalue weighted by Crippen LogP contribution is 2.20. The molecule has 4 aromatic rings. The van der Waals surface area contributed by atoms with Gasteiger partial charge < -0.3 is 15.1 Å². The average molecular weight is 387 g/mol. The molecule has 0 saturated heterocycles. The first-order chi connectivity index (χ1) is 14.2. The Morgan fingerprint density at radius 1 is 1.00 bits per heavy atom. The lowest BCUT2D eigenvalue weighted by molar-refractivity contribution is 0.240. The molecule has 2 amide bonds. The number of carbonyl (C=O) groups is 1. The van der Waals surface area contributed by atoms with Gasteiger partial charge in [0.1, 0.15) is 5.82 Å². The molecule has 4 rings (SSSR count). The average Bonchev–Trinajstić information content (AvgIpc) is 3.43. The minimum atomic E-state index is -0.274. The lowest BCUT2D eigenvalue weighted by Crippen LogP contribution is -2.34. The van der Waals surface area contributed by atoms with Crippen molar-refractivity contribution in [2.24, 2.45) is 0 Å². The van der Waals surface area contributed by atoms with Crippen LogP contribution >= 0.6 is 0 Å². The summed E-state index contributed by atoms with van der Waals surface area (Å²) in [6.07, 6.45) is 1.56. The van der Waals surface area contributed by atoms with Crippen LogP contribution < -0.4 is 10.6 Å². The van der Waals surface area contributed by atoms with Crippen LogP contribution in [0.5, 0.6) is 0 Å². The highest BCUT2D eigenvalue weighted by molar-refractivity contribution is 5.73. The van der Waals surface area contributed by atoms with E-state index in [-0.39, 0.29) is 12.6 Å². The molecule has 7 nitrogen and oxygen atoms in total. The van der Waals surface area contributed by atoms with Gasteiger partial charge in [0, 0.05) is 6.54 Å². The number of amides is 2. The quantitative estimate of drug-likeness (QED) is 0.465. The molecule has 0 radical (unpaired) electrons. The van der Waals surface area contributed by atoms with Crippen molar-refractivity contribution < 1.29 is 9.21 Å². The first-order valence-electron chi connectivity index (χ1n) is 9.30. The summed E-state index contributed by atoms with van der Waals surface area (Å²) in [5.41, 5.74) is 4.59. The first kappa shape index (κ1) is 18.5. The predicted molar refractivity (Wildman–Crippen MR) is 110 cm³/mol. The van der Waals surface area contributed by atoms with Crippen LogP contribution in [0.4, 0.5) is 4.79 Å². The number of aryl methyl sites for hydroxylation is 1. The van der Waals surface area contributed by atoms with E-state index in [0.717, 1.165) is 11.1 Å². The van der Waals surface area contributed by atoms with Crippen molar-refractivity contribution in [3.63, 3.8) is 0 Å². The lowest BCUT2D eigenvalue weighted by Gasteiger charge is -2.08. The number of hydrogen-bond acceptors (Lipinski definition) is 4. The SMILES string of the molecule is Cc1cccc(-c2ccc(CNC(=O)NCc3nc(-c4ccco4)n[nH]3)cc2)c1. The largest absolute Gasteiger partial charge is 0.461 e. The van der Waals surface area contributed by atoms with Gasteiger partial charge in [-0.2, -0.15) is 0 Å². The number of aromatic nitrogens is 3. The summed E-state index contributed by atoms with van der Waals surface area (Å²) in [4.78, 5) is 16.3. The number of urea groups is 1. The number of nitrogens with one attached hydrogen (secondary N) is 3. The maximum Gasteiger partial charge on any atom is 0.315 e. The second-order valence-corrected chi connectivity index (χ2v) is 6.69. The Morgan fingerprint density at radius 3 is 2.59 bits per heavy atom. The number of rotatable bonds is 6. The van der Waals surface area contributed by atoms with Crippen LogP contribution in [0.15, 0.2) is 71.3 Å². The minimum Gasteiger partial charge on any atom is -0.461 e. The van der Waals surface area contributed by atoms with Crippen LogP contribution in [0.25, 0.3) is 22.7 Å². The molecule has 2 aromatic heterocycles. The van der Waals surface area contributed by atoms with Gasteiger partial charge >= 0.3 is 6.03 Å². The second-order valence-electron chi connectivity index (χ2n) is 6.69. The van der Waals surface area contributed by atoms with Crippen molar-refractivity contribution in [1.82, 2.24) is 25.8 Å². The molecule has 2 heterocycles. The van der Waals surface area contributed by atoms with Gasteiger partial charge in [0.15, 0.2) is 5.76 Å². The van der Waals surface area contributed by atoms with E-state index in [1.165, 1.54) is 11.1 Å². The van der Waals surface area contributed by atoms with E-state index in [1.807, 2.05) is 12.1 Å². The highest BCUT2D eigenvalue weighted by atomic mass is 16.3. The summed E-state index contributed by atoms with van der Waals surface area (Å²) in [6, 6.07) is 19.8. The highest BCUT2D eigenvalue weighted by Gasteiger charge is 2.09. The van der Waals surface area contributed by atoms with E-state index >= 15 is 0 Å². The molecule has 0 fully saturated rings. The van der Waals surface area contributed by atoms with E-state index in [4.69, 9.17) is 4.42 Å². The number of nitrogens with zero attached hydrogens (tertiary/aromatic N) is 2. The van der Waals surface area contributed by atoms with Crippen LogP contribution in [0.1, 0.15) is 17.0 Å². The van der Waals surface area contributed by atoms with Crippen LogP contribution in [-0.4, -0.2) is 21.2 Å². The molecule has 0 atom stereocenters. The maximum absolute atomic E-state index is 12.0. The summed E-state index contributed by atoms with van der Waals surface area (Å²) in [5.74, 6) is 1.58. The number of H-pyrrole nitrogens is 1. The van der Waals surface area contributed by atoms with Crippen molar-refractivity contribution in [3.05, 3.63) is 83.9 Å². The monoisotopic (exact) mass is 387 g/mol. The zero-order valence-electron chi connectivity index (χ0n) is 16.0. The number of benzene rings is 2. The molecule has 146 valence electrons. The van der Waals surface area contributed by atoms with Crippen LogP contribution in [0, 0.1) is 6.92 Å². The molecule has 0 bridgehead atoms. The summed E-state index contributed by atoms with van der Waals surface area (Å²) in [5, 5.41) is 12.5. The molecular weight excluding hydrogens is 366 g/mol. The van der Waals surface area contributed by atoms with Crippen LogP contribution in [0.3, 0.4) is 0 Å². The zero-order chi connectivity index (χ0) is 20.1. The molecule has 0 aliphatic heterocycles. The van der Waals surface area contributed by atoms with Gasteiger partial charge in [0.2, 0.25) is 5.82 Å². The predicted octanol–water partition coefficient (Wildman–Crippen LogP) is 4.04. The number of hydrogen-bond donors (Lipinski definition) is 3. The number of furan rings is 1. The Bertz CT molecular complexity index is 1080. The minimum absolute atomic E-state index is 0.242. The topological polar surface area (TPSA) is 95.8 Å². The van der Waals surface area contributed by atoms with E-state index in [1.54, 1.807) is 18.4 Å². The Labute approximate surface area is 168 Å². The van der Waals surface area contributed by atoms with Crippen LogP contribution in [0.2, 0.25) is 0 Å². The third kappa shape index (κ3) is 4.70. The third-order valence-electron chi connectivity index (χ3n) is 4.45. The summed E-state index contributed by atoms with van der Waals surface area (Å²) >= 11 is 0. The van der Waals surface area contributed by atoms with E-state index in [0.29, 0.717) is 24.0 Å². The fraction of sp³-hybridized carbons (Fsp3) is 0.136. The number of carbonyl (C=O) groups excluding carboxylic acids is 1. The Morgan fingerprint density at radius 2 is 1.83 bits per heavy atom. The fourth-order valence-corrected chi connectivity index (χ4v) is 2.94. The molecule has 0 aliphatic carbocycles. The van der Waals surface area contributed by atoms with Gasteiger partial charge in [-0.15, -0.1) is 5.10 Å². The second kappa shape index (κ2) is 8.43. The summed E-state index contributed by atoms with van der Waals surface area (Å²) < 4.78 is 5.24. The molecule has 7 heteroatoms. The molecular formula is C22H21N5O2. The fourth-order valence-electron chi connectivity index (χ4n) is 2.94. The van der Waals surface area contributed by atoms with Crippen molar-refractivity contribution in [2.45, 2.75) is 20.0 Å². The van der Waals surface area contributed by atoms with E-state index in [2.05, 4.69) is 69.1 Å². The normalized spacial score (nSPS) is 10.7. The smallest absolute Gasteiger partial charge is 0.315 e. The molecule has 29 heavy (non-hydrogen) atoms. The maximum atomic E-state index is 12.0. The van der Waals surface area contributed by atoms with Gasteiger partial charge in [0.05, 0.1) is 12.8 Å². The molecule has 2 aromatic carbocycles. The van der Waals surface area contributed by atoms with Gasteiger partial charge in [-0.25, -0.2) is 9.78 Å². The molecule has 0 unspecified atom stereocenters. The molecule has 0 saturated carbocycles. The Balaban J connectivity index is 1.26. The Hall–Kier alpha value is -3.87. The number of aromatic amines is 1. The standard InChI is InChI=1S/C22H21N5O2/c1-15-4-2-5-18(12-15)17-9-7-16(8-10-17)13-23-22(28)24-14-20-25-21(27-26-20)19-6-3-11-29-19/h2-12H,13-14H2,1H3,(H2,23,24,28)(H,25,26,27). The molecule has 0 spiro atoms. The summed E-state index contributed by atoms with van der Waals surface area (Å²) in [6.45, 7) is 2.76. The zero-order valence-corrected chi connectivity index (χ0v) is 16.0. The molecule has 3 N–H and O–H groups in total.